The van der Waals surface area contributed by atoms with E-state index in [0.29, 0.717) is 21.4 Å². The van der Waals surface area contributed by atoms with E-state index in [9.17, 15) is 4.39 Å². The Bertz CT molecular complexity index is 905. The van der Waals surface area contributed by atoms with Gasteiger partial charge in [-0.2, -0.15) is 5.10 Å². The average Bonchev–Trinajstić information content (AvgIpc) is 3.05. The number of aryl methyl sites for hydroxylation is 1. The van der Waals surface area contributed by atoms with Crippen LogP contribution in [0.5, 0.6) is 0 Å². The van der Waals surface area contributed by atoms with Crippen LogP contribution in [-0.4, -0.2) is 14.9 Å². The number of rotatable bonds is 5. The summed E-state index contributed by atoms with van der Waals surface area (Å²) in [6, 6.07) is 12.6. The van der Waals surface area contributed by atoms with E-state index in [1.807, 2.05) is 18.2 Å². The molecule has 134 valence electrons. The smallest absolute Gasteiger partial charge is 0.175 e. The van der Waals surface area contributed by atoms with Crippen LogP contribution in [0.4, 0.5) is 15.8 Å². The molecule has 1 heterocycles. The summed E-state index contributed by atoms with van der Waals surface area (Å²) in [7, 11) is 0. The van der Waals surface area contributed by atoms with Crippen LogP contribution in [0.2, 0.25) is 5.02 Å². The number of hydrogen-bond acceptors (Lipinski definition) is 2. The van der Waals surface area contributed by atoms with Crippen LogP contribution < -0.4 is 10.6 Å². The molecule has 0 aliphatic rings. The second-order valence-electron chi connectivity index (χ2n) is 5.72. The Kier molecular flexibility index (Phi) is 5.85. The van der Waals surface area contributed by atoms with Gasteiger partial charge in [0.1, 0.15) is 5.82 Å². The molecule has 0 saturated carbocycles. The van der Waals surface area contributed by atoms with E-state index in [1.54, 1.807) is 29.2 Å². The zero-order valence-electron chi connectivity index (χ0n) is 14.2. The molecule has 0 aliphatic heterocycles. The monoisotopic (exact) mass is 388 g/mol. The Morgan fingerprint density at radius 1 is 1.19 bits per heavy atom. The minimum Gasteiger partial charge on any atom is -0.332 e. The number of nitrogens with one attached hydrogen (secondary N) is 2. The molecule has 3 aromatic rings. The second kappa shape index (κ2) is 8.29. The molecule has 0 bridgehead atoms. The lowest BCUT2D eigenvalue weighted by Gasteiger charge is -2.12. The van der Waals surface area contributed by atoms with E-state index in [1.165, 1.54) is 11.6 Å². The van der Waals surface area contributed by atoms with Crippen LogP contribution in [0, 0.1) is 5.82 Å². The van der Waals surface area contributed by atoms with Crippen molar-refractivity contribution in [2.24, 2.45) is 0 Å². The largest absolute Gasteiger partial charge is 0.332 e. The Balaban J connectivity index is 1.66. The van der Waals surface area contributed by atoms with Gasteiger partial charge in [0.15, 0.2) is 5.11 Å². The molecule has 2 N–H and O–H groups in total. The van der Waals surface area contributed by atoms with Crippen molar-refractivity contribution in [1.29, 1.82) is 0 Å². The third-order valence-corrected chi connectivity index (χ3v) is 4.48. The summed E-state index contributed by atoms with van der Waals surface area (Å²) in [5.41, 5.74) is 3.27. The fourth-order valence-corrected chi connectivity index (χ4v) is 3.05. The molecule has 0 aliphatic carbocycles. The average molecular weight is 389 g/mol. The van der Waals surface area contributed by atoms with Gasteiger partial charge in [0, 0.05) is 22.5 Å². The maximum Gasteiger partial charge on any atom is 0.175 e. The normalized spacial score (nSPS) is 10.6. The molecule has 1 aromatic heterocycles. The van der Waals surface area contributed by atoms with E-state index < -0.39 is 0 Å². The summed E-state index contributed by atoms with van der Waals surface area (Å²) in [6.07, 6.45) is 4.30. The van der Waals surface area contributed by atoms with Gasteiger partial charge in [-0.1, -0.05) is 42.8 Å². The number of hydrogen-bond donors (Lipinski definition) is 2. The van der Waals surface area contributed by atoms with E-state index in [0.717, 1.165) is 12.1 Å². The zero-order valence-corrected chi connectivity index (χ0v) is 15.7. The maximum atomic E-state index is 13.9. The lowest BCUT2D eigenvalue weighted by atomic mass is 10.1. The van der Waals surface area contributed by atoms with Crippen molar-refractivity contribution in [2.75, 3.05) is 10.6 Å². The lowest BCUT2D eigenvalue weighted by molar-refractivity contribution is 0.585. The van der Waals surface area contributed by atoms with Crippen LogP contribution in [0.15, 0.2) is 54.9 Å². The number of nitrogens with zero attached hydrogens (tertiary/aromatic N) is 2. The predicted octanol–water partition coefficient (Wildman–Crippen LogP) is 5.10. The van der Waals surface area contributed by atoms with Gasteiger partial charge in [0.2, 0.25) is 0 Å². The fraction of sp³-hybridized carbons (Fsp3) is 0.158. The minimum atomic E-state index is -0.351. The van der Waals surface area contributed by atoms with Gasteiger partial charge in [0.25, 0.3) is 0 Å². The highest BCUT2D eigenvalue weighted by atomic mass is 35.5. The number of benzene rings is 2. The molecule has 0 atom stereocenters. The SMILES string of the molecule is CCc1ccccc1NC(=S)Nc1cnn(Cc2c(F)cccc2Cl)c1. The highest BCUT2D eigenvalue weighted by Gasteiger charge is 2.09. The van der Waals surface area contributed by atoms with Gasteiger partial charge in [-0.15, -0.1) is 0 Å². The number of para-hydroxylation sites is 1. The predicted molar refractivity (Wildman–Crippen MR) is 108 cm³/mol. The van der Waals surface area contributed by atoms with Crippen molar-refractivity contribution < 1.29 is 4.39 Å². The maximum absolute atomic E-state index is 13.9. The Morgan fingerprint density at radius 3 is 2.77 bits per heavy atom. The van der Waals surface area contributed by atoms with Gasteiger partial charge in [-0.3, -0.25) is 4.68 Å². The lowest BCUT2D eigenvalue weighted by Crippen LogP contribution is -2.19. The highest BCUT2D eigenvalue weighted by molar-refractivity contribution is 7.80. The van der Waals surface area contributed by atoms with Gasteiger partial charge in [0.05, 0.1) is 18.4 Å². The molecule has 26 heavy (non-hydrogen) atoms. The number of halogens is 2. The first kappa shape index (κ1) is 18.4. The number of anilines is 2. The van der Waals surface area contributed by atoms with Crippen LogP contribution in [-0.2, 0) is 13.0 Å². The molecule has 0 fully saturated rings. The minimum absolute atomic E-state index is 0.242. The Hall–Kier alpha value is -2.44. The number of thiocarbonyl (C=S) groups is 1. The van der Waals surface area contributed by atoms with E-state index in [4.69, 9.17) is 23.8 Å². The number of aromatic nitrogens is 2. The Labute approximate surface area is 162 Å². The molecule has 0 amide bonds. The van der Waals surface area contributed by atoms with Crippen molar-refractivity contribution >= 4 is 40.3 Å². The van der Waals surface area contributed by atoms with Gasteiger partial charge >= 0.3 is 0 Å². The highest BCUT2D eigenvalue weighted by Crippen LogP contribution is 2.21. The summed E-state index contributed by atoms with van der Waals surface area (Å²) < 4.78 is 15.5. The molecule has 7 heteroatoms. The van der Waals surface area contributed by atoms with E-state index in [-0.39, 0.29) is 12.4 Å². The first-order chi connectivity index (χ1) is 12.6. The van der Waals surface area contributed by atoms with Crippen molar-refractivity contribution in [3.05, 3.63) is 76.8 Å². The summed E-state index contributed by atoms with van der Waals surface area (Å²) >= 11 is 11.4. The van der Waals surface area contributed by atoms with Crippen LogP contribution in [0.3, 0.4) is 0 Å². The van der Waals surface area contributed by atoms with Crippen molar-refractivity contribution in [3.63, 3.8) is 0 Å². The van der Waals surface area contributed by atoms with Gasteiger partial charge < -0.3 is 10.6 Å². The summed E-state index contributed by atoms with van der Waals surface area (Å²) in [5, 5.41) is 11.4. The van der Waals surface area contributed by atoms with Crippen LogP contribution in [0.25, 0.3) is 0 Å². The molecule has 0 radical (unpaired) electrons. The summed E-state index contributed by atoms with van der Waals surface area (Å²) in [5.74, 6) is -0.351. The van der Waals surface area contributed by atoms with Crippen LogP contribution in [0.1, 0.15) is 18.1 Å². The van der Waals surface area contributed by atoms with Gasteiger partial charge in [-0.05, 0) is 42.4 Å². The molecular weight excluding hydrogens is 371 g/mol. The van der Waals surface area contributed by atoms with Crippen molar-refractivity contribution in [3.8, 4) is 0 Å². The third-order valence-electron chi connectivity index (χ3n) is 3.92. The molecule has 0 saturated heterocycles. The van der Waals surface area contributed by atoms with Crippen molar-refractivity contribution in [2.45, 2.75) is 19.9 Å². The molecule has 0 spiro atoms. The first-order valence-corrected chi connectivity index (χ1v) is 8.96. The molecule has 4 nitrogen and oxygen atoms in total. The fourth-order valence-electron chi connectivity index (χ4n) is 2.60. The van der Waals surface area contributed by atoms with E-state index in [2.05, 4.69) is 28.7 Å². The second-order valence-corrected chi connectivity index (χ2v) is 6.53. The summed E-state index contributed by atoms with van der Waals surface area (Å²) in [6.45, 7) is 2.33. The van der Waals surface area contributed by atoms with Crippen molar-refractivity contribution in [1.82, 2.24) is 9.78 Å². The summed E-state index contributed by atoms with van der Waals surface area (Å²) in [4.78, 5) is 0. The molecule has 3 rings (SSSR count). The standard InChI is InChI=1S/C19H18ClFN4S/c1-2-13-6-3-4-9-18(13)24-19(26)23-14-10-22-25(11-14)12-15-16(20)7-5-8-17(15)21/h3-11H,2,12H2,1H3,(H2,23,24,26). The first-order valence-electron chi connectivity index (χ1n) is 8.18. The zero-order chi connectivity index (χ0) is 18.5. The topological polar surface area (TPSA) is 41.9 Å². The van der Waals surface area contributed by atoms with Crippen LogP contribution >= 0.6 is 23.8 Å². The molecule has 0 unspecified atom stereocenters. The van der Waals surface area contributed by atoms with E-state index >= 15 is 0 Å². The molecule has 2 aromatic carbocycles. The third kappa shape index (κ3) is 4.39. The quantitative estimate of drug-likeness (QED) is 0.597. The molecular formula is C19H18ClFN4S. The Morgan fingerprint density at radius 2 is 2.00 bits per heavy atom. The van der Waals surface area contributed by atoms with Gasteiger partial charge in [-0.25, -0.2) is 4.39 Å².